The molecule has 1 atom stereocenters. The second-order valence-corrected chi connectivity index (χ2v) is 6.22. The minimum Gasteiger partial charge on any atom is -0.491 e. The summed E-state index contributed by atoms with van der Waals surface area (Å²) in [6.07, 6.45) is 0.174. The molecule has 0 spiro atoms. The predicted octanol–water partition coefficient (Wildman–Crippen LogP) is 4.89. The Morgan fingerprint density at radius 3 is 2.70 bits per heavy atom. The lowest BCUT2D eigenvalue weighted by Gasteiger charge is -2.19. The van der Waals surface area contributed by atoms with Crippen molar-refractivity contribution in [3.63, 3.8) is 0 Å². The third-order valence-corrected chi connectivity index (χ3v) is 4.30. The molecular formula is C16H20ClNOS. The number of hydrogen-bond donors (Lipinski definition) is 1. The van der Waals surface area contributed by atoms with E-state index in [1.54, 1.807) is 11.3 Å². The Labute approximate surface area is 129 Å². The van der Waals surface area contributed by atoms with Gasteiger partial charge in [-0.2, -0.15) is 0 Å². The molecule has 20 heavy (non-hydrogen) atoms. The molecule has 1 unspecified atom stereocenters. The molecule has 0 aliphatic heterocycles. The van der Waals surface area contributed by atoms with Gasteiger partial charge in [-0.05, 0) is 49.5 Å². The SMILES string of the molecule is CCNC(c1cccc(OC(C)C)c1)c1sccc1Cl. The van der Waals surface area contributed by atoms with Gasteiger partial charge in [0.2, 0.25) is 0 Å². The summed E-state index contributed by atoms with van der Waals surface area (Å²) in [5, 5.41) is 6.33. The maximum absolute atomic E-state index is 6.28. The smallest absolute Gasteiger partial charge is 0.120 e. The molecule has 2 rings (SSSR count). The fourth-order valence-electron chi connectivity index (χ4n) is 2.12. The maximum Gasteiger partial charge on any atom is 0.120 e. The molecule has 0 amide bonds. The molecule has 0 radical (unpaired) electrons. The van der Waals surface area contributed by atoms with Crippen LogP contribution in [0.15, 0.2) is 35.7 Å². The normalized spacial score (nSPS) is 12.7. The molecule has 1 aromatic heterocycles. The minimum atomic E-state index is 0.114. The van der Waals surface area contributed by atoms with Crippen molar-refractivity contribution in [3.05, 3.63) is 51.2 Å². The van der Waals surface area contributed by atoms with E-state index in [2.05, 4.69) is 24.4 Å². The molecule has 1 heterocycles. The van der Waals surface area contributed by atoms with Gasteiger partial charge in [0.15, 0.2) is 0 Å². The van der Waals surface area contributed by atoms with Crippen LogP contribution in [0, 0.1) is 0 Å². The summed E-state index contributed by atoms with van der Waals surface area (Å²) in [6.45, 7) is 7.05. The largest absolute Gasteiger partial charge is 0.491 e. The first kappa shape index (κ1) is 15.4. The highest BCUT2D eigenvalue weighted by molar-refractivity contribution is 7.10. The second-order valence-electron chi connectivity index (χ2n) is 4.86. The van der Waals surface area contributed by atoms with Crippen molar-refractivity contribution in [1.29, 1.82) is 0 Å². The van der Waals surface area contributed by atoms with E-state index in [0.717, 1.165) is 22.2 Å². The second kappa shape index (κ2) is 7.11. The van der Waals surface area contributed by atoms with Gasteiger partial charge in [0, 0.05) is 4.88 Å². The fraction of sp³-hybridized carbons (Fsp3) is 0.375. The molecule has 1 N–H and O–H groups in total. The zero-order valence-corrected chi connectivity index (χ0v) is 13.6. The van der Waals surface area contributed by atoms with Crippen LogP contribution in [0.5, 0.6) is 5.75 Å². The van der Waals surface area contributed by atoms with Crippen molar-refractivity contribution in [2.24, 2.45) is 0 Å². The van der Waals surface area contributed by atoms with E-state index in [4.69, 9.17) is 16.3 Å². The van der Waals surface area contributed by atoms with Crippen molar-refractivity contribution in [1.82, 2.24) is 5.32 Å². The molecule has 1 aromatic carbocycles. The van der Waals surface area contributed by atoms with Gasteiger partial charge in [0.05, 0.1) is 17.2 Å². The Kier molecular flexibility index (Phi) is 5.46. The summed E-state index contributed by atoms with van der Waals surface area (Å²) in [7, 11) is 0. The Morgan fingerprint density at radius 2 is 2.10 bits per heavy atom. The molecule has 108 valence electrons. The minimum absolute atomic E-state index is 0.114. The third-order valence-electron chi connectivity index (χ3n) is 2.88. The maximum atomic E-state index is 6.28. The monoisotopic (exact) mass is 309 g/mol. The summed E-state index contributed by atoms with van der Waals surface area (Å²) in [5.41, 5.74) is 1.18. The van der Waals surface area contributed by atoms with Crippen LogP contribution in [0.3, 0.4) is 0 Å². The average Bonchev–Trinajstić information content (AvgIpc) is 2.81. The van der Waals surface area contributed by atoms with Crippen LogP contribution in [-0.2, 0) is 0 Å². The molecule has 0 aliphatic rings. The number of rotatable bonds is 6. The Bertz CT molecular complexity index is 553. The topological polar surface area (TPSA) is 21.3 Å². The van der Waals surface area contributed by atoms with Gasteiger partial charge in [0.1, 0.15) is 5.75 Å². The van der Waals surface area contributed by atoms with Crippen molar-refractivity contribution in [2.75, 3.05) is 6.54 Å². The predicted molar refractivity (Wildman–Crippen MR) is 87.1 cm³/mol. The van der Waals surface area contributed by atoms with Crippen LogP contribution >= 0.6 is 22.9 Å². The molecule has 0 fully saturated rings. The van der Waals surface area contributed by atoms with E-state index in [1.165, 1.54) is 5.56 Å². The van der Waals surface area contributed by atoms with Gasteiger partial charge in [0.25, 0.3) is 0 Å². The first-order valence-electron chi connectivity index (χ1n) is 6.84. The Hall–Kier alpha value is -1.03. The lowest BCUT2D eigenvalue weighted by molar-refractivity contribution is 0.242. The lowest BCUT2D eigenvalue weighted by Crippen LogP contribution is -2.21. The summed E-state index contributed by atoms with van der Waals surface area (Å²) in [5.74, 6) is 0.896. The Balaban J connectivity index is 2.32. The molecular weight excluding hydrogens is 290 g/mol. The standard InChI is InChI=1S/C16H20ClNOS/c1-4-18-15(16-14(17)8-9-20-16)12-6-5-7-13(10-12)19-11(2)3/h5-11,15,18H,4H2,1-3H3. The van der Waals surface area contributed by atoms with Gasteiger partial charge in [-0.25, -0.2) is 0 Å². The van der Waals surface area contributed by atoms with Crippen LogP contribution in [0.4, 0.5) is 0 Å². The van der Waals surface area contributed by atoms with Crippen LogP contribution < -0.4 is 10.1 Å². The quantitative estimate of drug-likeness (QED) is 0.820. The van der Waals surface area contributed by atoms with Crippen LogP contribution in [-0.4, -0.2) is 12.6 Å². The zero-order chi connectivity index (χ0) is 14.5. The molecule has 4 heteroatoms. The van der Waals surface area contributed by atoms with Gasteiger partial charge in [-0.1, -0.05) is 30.7 Å². The van der Waals surface area contributed by atoms with E-state index in [9.17, 15) is 0 Å². The summed E-state index contributed by atoms with van der Waals surface area (Å²) in [4.78, 5) is 1.15. The van der Waals surface area contributed by atoms with E-state index in [1.807, 2.05) is 37.4 Å². The van der Waals surface area contributed by atoms with E-state index in [0.29, 0.717) is 0 Å². The molecule has 0 bridgehead atoms. The van der Waals surface area contributed by atoms with Crippen LogP contribution in [0.1, 0.15) is 37.3 Å². The Morgan fingerprint density at radius 1 is 1.30 bits per heavy atom. The summed E-state index contributed by atoms with van der Waals surface area (Å²) < 4.78 is 5.77. The van der Waals surface area contributed by atoms with Crippen molar-refractivity contribution < 1.29 is 4.74 Å². The van der Waals surface area contributed by atoms with Crippen molar-refractivity contribution in [3.8, 4) is 5.75 Å². The van der Waals surface area contributed by atoms with E-state index >= 15 is 0 Å². The van der Waals surface area contributed by atoms with Gasteiger partial charge < -0.3 is 10.1 Å². The highest BCUT2D eigenvalue weighted by Gasteiger charge is 2.18. The summed E-state index contributed by atoms with van der Waals surface area (Å²) >= 11 is 7.96. The molecule has 2 nitrogen and oxygen atoms in total. The molecule has 0 saturated carbocycles. The van der Waals surface area contributed by atoms with Crippen LogP contribution in [0.25, 0.3) is 0 Å². The highest BCUT2D eigenvalue weighted by Crippen LogP contribution is 2.34. The molecule has 2 aromatic rings. The number of thiophene rings is 1. The third kappa shape index (κ3) is 3.75. The number of nitrogens with one attached hydrogen (secondary N) is 1. The molecule has 0 saturated heterocycles. The van der Waals surface area contributed by atoms with Crippen molar-refractivity contribution >= 4 is 22.9 Å². The van der Waals surface area contributed by atoms with Crippen molar-refractivity contribution in [2.45, 2.75) is 32.9 Å². The zero-order valence-electron chi connectivity index (χ0n) is 12.0. The van der Waals surface area contributed by atoms with Gasteiger partial charge in [-0.15, -0.1) is 11.3 Å². The van der Waals surface area contributed by atoms with Gasteiger partial charge >= 0.3 is 0 Å². The number of benzene rings is 1. The van der Waals surface area contributed by atoms with E-state index < -0.39 is 0 Å². The lowest BCUT2D eigenvalue weighted by atomic mass is 10.0. The van der Waals surface area contributed by atoms with Gasteiger partial charge in [-0.3, -0.25) is 0 Å². The number of hydrogen-bond acceptors (Lipinski definition) is 3. The fourth-order valence-corrected chi connectivity index (χ4v) is 3.38. The average molecular weight is 310 g/mol. The number of ether oxygens (including phenoxy) is 1. The first-order valence-corrected chi connectivity index (χ1v) is 8.10. The van der Waals surface area contributed by atoms with E-state index in [-0.39, 0.29) is 12.1 Å². The summed E-state index contributed by atoms with van der Waals surface area (Å²) in [6, 6.07) is 10.3. The number of halogens is 1. The molecule has 0 aliphatic carbocycles. The highest BCUT2D eigenvalue weighted by atomic mass is 35.5. The van der Waals surface area contributed by atoms with Crippen LogP contribution in [0.2, 0.25) is 5.02 Å². The first-order chi connectivity index (χ1) is 9.61.